The third-order valence-electron chi connectivity index (χ3n) is 3.39. The average Bonchev–Trinajstić information content (AvgIpc) is 2.96. The van der Waals surface area contributed by atoms with Gasteiger partial charge in [0.1, 0.15) is 11.5 Å². The first kappa shape index (κ1) is 13.8. The van der Waals surface area contributed by atoms with E-state index in [4.69, 9.17) is 16.0 Å². The lowest BCUT2D eigenvalue weighted by Gasteiger charge is -2.07. The normalized spacial score (nSPS) is 10.6. The Morgan fingerprint density at radius 3 is 2.48 bits per heavy atom. The number of aryl methyl sites for hydroxylation is 1. The third kappa shape index (κ3) is 3.29. The molecule has 106 valence electrons. The fourth-order valence-electron chi connectivity index (χ4n) is 2.20. The molecular weight excluding hydrogens is 282 g/mol. The molecule has 0 bridgehead atoms. The Kier molecular flexibility index (Phi) is 3.98. The molecule has 0 unspecified atom stereocenters. The Balaban J connectivity index is 1.71. The number of hydrogen-bond acceptors (Lipinski definition) is 2. The molecule has 0 aliphatic heterocycles. The lowest BCUT2D eigenvalue weighted by molar-refractivity contribution is 0.531. The highest BCUT2D eigenvalue weighted by Crippen LogP contribution is 2.24. The summed E-state index contributed by atoms with van der Waals surface area (Å²) >= 11 is 5.90. The van der Waals surface area contributed by atoms with E-state index in [-0.39, 0.29) is 0 Å². The Morgan fingerprint density at radius 2 is 1.71 bits per heavy atom. The molecular formula is C18H16ClNO. The zero-order valence-electron chi connectivity index (χ0n) is 11.8. The van der Waals surface area contributed by atoms with Gasteiger partial charge in [0, 0.05) is 16.3 Å². The van der Waals surface area contributed by atoms with Crippen molar-refractivity contribution in [3.05, 3.63) is 77.0 Å². The first-order chi connectivity index (χ1) is 10.2. The van der Waals surface area contributed by atoms with E-state index in [0.29, 0.717) is 6.54 Å². The molecule has 2 nitrogen and oxygen atoms in total. The topological polar surface area (TPSA) is 25.2 Å². The molecule has 21 heavy (non-hydrogen) atoms. The number of furan rings is 1. The van der Waals surface area contributed by atoms with Crippen molar-refractivity contribution in [3.63, 3.8) is 0 Å². The molecule has 1 N–H and O–H groups in total. The van der Waals surface area contributed by atoms with Crippen LogP contribution in [0.5, 0.6) is 0 Å². The summed E-state index contributed by atoms with van der Waals surface area (Å²) in [6, 6.07) is 19.8. The zero-order valence-corrected chi connectivity index (χ0v) is 12.5. The fourth-order valence-corrected chi connectivity index (χ4v) is 2.32. The molecule has 0 aliphatic rings. The largest absolute Gasteiger partial charge is 0.459 e. The van der Waals surface area contributed by atoms with Gasteiger partial charge >= 0.3 is 0 Å². The number of anilines is 1. The predicted octanol–water partition coefficient (Wildman–Crippen LogP) is 5.52. The molecule has 0 atom stereocenters. The van der Waals surface area contributed by atoms with Gasteiger partial charge in [0.15, 0.2) is 0 Å². The van der Waals surface area contributed by atoms with Gasteiger partial charge in [-0.1, -0.05) is 29.8 Å². The number of benzene rings is 2. The van der Waals surface area contributed by atoms with Gasteiger partial charge in [-0.3, -0.25) is 0 Å². The van der Waals surface area contributed by atoms with Gasteiger partial charge in [-0.25, -0.2) is 0 Å². The van der Waals surface area contributed by atoms with Crippen molar-refractivity contribution in [2.45, 2.75) is 13.5 Å². The quantitative estimate of drug-likeness (QED) is 0.686. The summed E-state index contributed by atoms with van der Waals surface area (Å²) in [5.74, 6) is 1.76. The lowest BCUT2D eigenvalue weighted by atomic mass is 10.2. The molecule has 0 fully saturated rings. The van der Waals surface area contributed by atoms with Gasteiger partial charge < -0.3 is 9.73 Å². The summed E-state index contributed by atoms with van der Waals surface area (Å²) in [6.07, 6.45) is 0. The van der Waals surface area contributed by atoms with Gasteiger partial charge in [-0.05, 0) is 55.0 Å². The minimum Gasteiger partial charge on any atom is -0.459 e. The van der Waals surface area contributed by atoms with E-state index >= 15 is 0 Å². The molecule has 0 amide bonds. The van der Waals surface area contributed by atoms with Crippen LogP contribution in [0.2, 0.25) is 5.02 Å². The van der Waals surface area contributed by atoms with Crippen LogP contribution in [0.15, 0.2) is 65.1 Å². The van der Waals surface area contributed by atoms with Crippen LogP contribution in [0.25, 0.3) is 11.3 Å². The van der Waals surface area contributed by atoms with Crippen molar-refractivity contribution in [1.29, 1.82) is 0 Å². The van der Waals surface area contributed by atoms with Crippen LogP contribution in [-0.4, -0.2) is 0 Å². The van der Waals surface area contributed by atoms with Gasteiger partial charge in [-0.15, -0.1) is 0 Å². The fraction of sp³-hybridized carbons (Fsp3) is 0.111. The van der Waals surface area contributed by atoms with E-state index < -0.39 is 0 Å². The molecule has 2 aromatic carbocycles. The van der Waals surface area contributed by atoms with Crippen molar-refractivity contribution in [2.75, 3.05) is 5.32 Å². The van der Waals surface area contributed by atoms with E-state index in [9.17, 15) is 0 Å². The summed E-state index contributed by atoms with van der Waals surface area (Å²) in [7, 11) is 0. The van der Waals surface area contributed by atoms with Gasteiger partial charge in [0.2, 0.25) is 0 Å². The van der Waals surface area contributed by atoms with Crippen LogP contribution < -0.4 is 5.32 Å². The van der Waals surface area contributed by atoms with Crippen molar-refractivity contribution < 1.29 is 4.42 Å². The molecule has 0 aliphatic carbocycles. The molecule has 3 heteroatoms. The monoisotopic (exact) mass is 297 g/mol. The van der Waals surface area contributed by atoms with Crippen molar-refractivity contribution >= 4 is 17.3 Å². The molecule has 0 radical (unpaired) electrons. The summed E-state index contributed by atoms with van der Waals surface area (Å²) in [5.41, 5.74) is 3.38. The molecule has 0 saturated carbocycles. The first-order valence-corrected chi connectivity index (χ1v) is 7.24. The highest BCUT2D eigenvalue weighted by Gasteiger charge is 2.05. The second kappa shape index (κ2) is 6.06. The van der Waals surface area contributed by atoms with Gasteiger partial charge in [0.05, 0.1) is 6.54 Å². The third-order valence-corrected chi connectivity index (χ3v) is 3.64. The summed E-state index contributed by atoms with van der Waals surface area (Å²) in [4.78, 5) is 0. The van der Waals surface area contributed by atoms with Crippen LogP contribution >= 0.6 is 11.6 Å². The van der Waals surface area contributed by atoms with Gasteiger partial charge in [0.25, 0.3) is 0 Å². The Hall–Kier alpha value is -2.19. The minimum absolute atomic E-state index is 0.665. The first-order valence-electron chi connectivity index (χ1n) is 6.86. The molecule has 3 aromatic rings. The van der Waals surface area contributed by atoms with Crippen LogP contribution in [0.3, 0.4) is 0 Å². The molecule has 0 saturated heterocycles. The van der Waals surface area contributed by atoms with Crippen molar-refractivity contribution in [2.24, 2.45) is 0 Å². The molecule has 3 rings (SSSR count). The highest BCUT2D eigenvalue weighted by atomic mass is 35.5. The van der Waals surface area contributed by atoms with Crippen LogP contribution in [-0.2, 0) is 6.54 Å². The van der Waals surface area contributed by atoms with Crippen molar-refractivity contribution in [1.82, 2.24) is 0 Å². The second-order valence-electron chi connectivity index (χ2n) is 4.94. The maximum atomic E-state index is 5.90. The SMILES string of the molecule is Cc1ccccc1NCc1ccc(-c2ccc(Cl)cc2)o1. The number of para-hydroxylation sites is 1. The van der Waals surface area contributed by atoms with Crippen LogP contribution in [0.4, 0.5) is 5.69 Å². The minimum atomic E-state index is 0.665. The number of rotatable bonds is 4. The zero-order chi connectivity index (χ0) is 14.7. The Bertz CT molecular complexity index is 731. The maximum Gasteiger partial charge on any atom is 0.134 e. The van der Waals surface area contributed by atoms with E-state index in [1.165, 1.54) is 5.56 Å². The van der Waals surface area contributed by atoms with Crippen LogP contribution in [0, 0.1) is 6.92 Å². The average molecular weight is 298 g/mol. The number of hydrogen-bond donors (Lipinski definition) is 1. The van der Waals surface area contributed by atoms with E-state index in [0.717, 1.165) is 27.8 Å². The second-order valence-corrected chi connectivity index (χ2v) is 5.38. The van der Waals surface area contributed by atoms with Gasteiger partial charge in [-0.2, -0.15) is 0 Å². The lowest BCUT2D eigenvalue weighted by Crippen LogP contribution is -1.99. The predicted molar refractivity (Wildman–Crippen MR) is 87.7 cm³/mol. The van der Waals surface area contributed by atoms with E-state index in [1.807, 2.05) is 48.5 Å². The van der Waals surface area contributed by atoms with E-state index in [2.05, 4.69) is 24.4 Å². The molecule has 1 heterocycles. The molecule has 0 spiro atoms. The molecule has 1 aromatic heterocycles. The number of halogens is 1. The Morgan fingerprint density at radius 1 is 0.952 bits per heavy atom. The maximum absolute atomic E-state index is 5.90. The van der Waals surface area contributed by atoms with Crippen LogP contribution in [0.1, 0.15) is 11.3 Å². The van der Waals surface area contributed by atoms with E-state index in [1.54, 1.807) is 0 Å². The summed E-state index contributed by atoms with van der Waals surface area (Å²) < 4.78 is 5.87. The summed E-state index contributed by atoms with van der Waals surface area (Å²) in [6.45, 7) is 2.75. The smallest absolute Gasteiger partial charge is 0.134 e. The number of nitrogens with one attached hydrogen (secondary N) is 1. The summed E-state index contributed by atoms with van der Waals surface area (Å²) in [5, 5.41) is 4.12. The Labute approximate surface area is 129 Å². The highest BCUT2D eigenvalue weighted by molar-refractivity contribution is 6.30. The van der Waals surface area contributed by atoms with Crippen molar-refractivity contribution in [3.8, 4) is 11.3 Å². The standard InChI is InChI=1S/C18H16ClNO/c1-13-4-2-3-5-17(13)20-12-16-10-11-18(21-16)14-6-8-15(19)9-7-14/h2-11,20H,12H2,1H3.